The third-order valence-electron chi connectivity index (χ3n) is 3.97. The smallest absolute Gasteiger partial charge is 0.306 e. The van der Waals surface area contributed by atoms with E-state index >= 15 is 0 Å². The van der Waals surface area contributed by atoms with Crippen LogP contribution in [0.1, 0.15) is 44.6 Å². The summed E-state index contributed by atoms with van der Waals surface area (Å²) in [5.41, 5.74) is 7.64. The molecule has 0 heterocycles. The van der Waals surface area contributed by atoms with Gasteiger partial charge in [-0.05, 0) is 43.2 Å². The lowest BCUT2D eigenvalue weighted by atomic mass is 9.88. The Labute approximate surface area is 115 Å². The minimum absolute atomic E-state index is 0.0954. The van der Waals surface area contributed by atoms with Crippen LogP contribution >= 0.6 is 0 Å². The van der Waals surface area contributed by atoms with Gasteiger partial charge in [0.2, 0.25) is 0 Å². The number of rotatable bonds is 4. The lowest BCUT2D eigenvalue weighted by Crippen LogP contribution is -2.28. The maximum absolute atomic E-state index is 11.9. The Balaban J connectivity index is 1.80. The van der Waals surface area contributed by atoms with Crippen LogP contribution in [0.4, 0.5) is 5.69 Å². The fourth-order valence-electron chi connectivity index (χ4n) is 2.68. The van der Waals surface area contributed by atoms with Crippen molar-refractivity contribution in [3.63, 3.8) is 0 Å². The summed E-state index contributed by atoms with van der Waals surface area (Å²) >= 11 is 0. The minimum atomic E-state index is -0.0954. The fourth-order valence-corrected chi connectivity index (χ4v) is 2.68. The summed E-state index contributed by atoms with van der Waals surface area (Å²) in [6.07, 6.45) is 5.81. The largest absolute Gasteiger partial charge is 0.462 e. The molecule has 3 nitrogen and oxygen atoms in total. The predicted molar refractivity (Wildman–Crippen MR) is 76.7 cm³/mol. The van der Waals surface area contributed by atoms with E-state index in [-0.39, 0.29) is 12.1 Å². The molecule has 1 aliphatic carbocycles. The molecule has 3 heteroatoms. The molecular weight excluding hydrogens is 238 g/mol. The zero-order valence-corrected chi connectivity index (χ0v) is 11.6. The molecule has 0 aliphatic heterocycles. The summed E-state index contributed by atoms with van der Waals surface area (Å²) in [5.74, 6) is 0.404. The number of nitrogen functional groups attached to an aromatic ring is 1. The third kappa shape index (κ3) is 3.98. The van der Waals surface area contributed by atoms with Gasteiger partial charge in [-0.2, -0.15) is 0 Å². The van der Waals surface area contributed by atoms with E-state index in [1.165, 1.54) is 19.3 Å². The fraction of sp³-hybridized carbons (Fsp3) is 0.562. The zero-order chi connectivity index (χ0) is 13.7. The van der Waals surface area contributed by atoms with Crippen molar-refractivity contribution in [2.45, 2.75) is 51.6 Å². The van der Waals surface area contributed by atoms with Crippen molar-refractivity contribution >= 4 is 11.7 Å². The first-order valence-corrected chi connectivity index (χ1v) is 7.19. The number of benzene rings is 1. The number of carbonyl (C=O) groups is 1. The quantitative estimate of drug-likeness (QED) is 0.668. The highest BCUT2D eigenvalue weighted by Gasteiger charge is 2.24. The van der Waals surface area contributed by atoms with E-state index in [1.54, 1.807) is 0 Å². The van der Waals surface area contributed by atoms with Crippen molar-refractivity contribution < 1.29 is 9.53 Å². The number of ether oxygens (including phenoxy) is 1. The van der Waals surface area contributed by atoms with Crippen molar-refractivity contribution in [3.8, 4) is 0 Å². The molecular formula is C16H23NO2. The number of hydrogen-bond acceptors (Lipinski definition) is 3. The van der Waals surface area contributed by atoms with E-state index in [0.717, 1.165) is 17.7 Å². The highest BCUT2D eigenvalue weighted by atomic mass is 16.5. The highest BCUT2D eigenvalue weighted by molar-refractivity contribution is 5.70. The van der Waals surface area contributed by atoms with Crippen molar-refractivity contribution in [2.75, 3.05) is 5.73 Å². The molecule has 104 valence electrons. The summed E-state index contributed by atoms with van der Waals surface area (Å²) < 4.78 is 5.59. The second-order valence-electron chi connectivity index (χ2n) is 5.49. The summed E-state index contributed by atoms with van der Waals surface area (Å²) in [7, 11) is 0. The van der Waals surface area contributed by atoms with Crippen LogP contribution < -0.4 is 5.73 Å². The third-order valence-corrected chi connectivity index (χ3v) is 3.97. The van der Waals surface area contributed by atoms with Gasteiger partial charge in [0.15, 0.2) is 0 Å². The number of hydrogen-bond donors (Lipinski definition) is 1. The molecule has 0 aromatic heterocycles. The lowest BCUT2D eigenvalue weighted by Gasteiger charge is -2.28. The van der Waals surface area contributed by atoms with E-state index in [2.05, 4.69) is 6.92 Å². The molecule has 1 aliphatic rings. The number of aryl methyl sites for hydroxylation is 1. The van der Waals surface area contributed by atoms with Gasteiger partial charge >= 0.3 is 5.97 Å². The van der Waals surface area contributed by atoms with E-state index in [1.807, 2.05) is 24.3 Å². The van der Waals surface area contributed by atoms with Crippen LogP contribution in [0.25, 0.3) is 0 Å². The van der Waals surface area contributed by atoms with Crippen LogP contribution in [0.2, 0.25) is 0 Å². The van der Waals surface area contributed by atoms with Crippen LogP contribution in [0.15, 0.2) is 24.3 Å². The maximum atomic E-state index is 11.9. The Morgan fingerprint density at radius 1 is 1.32 bits per heavy atom. The first-order valence-electron chi connectivity index (χ1n) is 7.19. The second-order valence-corrected chi connectivity index (χ2v) is 5.49. The van der Waals surface area contributed by atoms with Crippen LogP contribution in [0.3, 0.4) is 0 Å². The average Bonchev–Trinajstić information content (AvgIpc) is 2.40. The van der Waals surface area contributed by atoms with Crippen molar-refractivity contribution in [1.82, 2.24) is 0 Å². The summed E-state index contributed by atoms with van der Waals surface area (Å²) in [4.78, 5) is 11.9. The summed E-state index contributed by atoms with van der Waals surface area (Å²) in [6.45, 7) is 2.17. The normalized spacial score (nSPS) is 23.0. The second kappa shape index (κ2) is 6.60. The van der Waals surface area contributed by atoms with Crippen molar-refractivity contribution in [1.29, 1.82) is 0 Å². The van der Waals surface area contributed by atoms with Gasteiger partial charge in [-0.1, -0.05) is 31.5 Å². The van der Waals surface area contributed by atoms with Gasteiger partial charge in [0, 0.05) is 12.1 Å². The highest BCUT2D eigenvalue weighted by Crippen LogP contribution is 2.26. The molecule has 0 spiro atoms. The van der Waals surface area contributed by atoms with Gasteiger partial charge < -0.3 is 10.5 Å². The average molecular weight is 261 g/mol. The molecule has 19 heavy (non-hydrogen) atoms. The Bertz CT molecular complexity index is 431. The maximum Gasteiger partial charge on any atom is 0.306 e. The van der Waals surface area contributed by atoms with Crippen LogP contribution in [0, 0.1) is 5.92 Å². The van der Waals surface area contributed by atoms with E-state index in [0.29, 0.717) is 18.8 Å². The van der Waals surface area contributed by atoms with Crippen LogP contribution in [-0.2, 0) is 16.0 Å². The molecule has 2 unspecified atom stereocenters. The van der Waals surface area contributed by atoms with Crippen LogP contribution in [-0.4, -0.2) is 12.1 Å². The van der Waals surface area contributed by atoms with Gasteiger partial charge in [0.05, 0.1) is 0 Å². The van der Waals surface area contributed by atoms with Gasteiger partial charge in [-0.3, -0.25) is 4.79 Å². The Morgan fingerprint density at radius 2 is 2.05 bits per heavy atom. The predicted octanol–water partition coefficient (Wildman–Crippen LogP) is 3.32. The molecule has 1 saturated carbocycles. The minimum Gasteiger partial charge on any atom is -0.462 e. The van der Waals surface area contributed by atoms with E-state index < -0.39 is 0 Å². The van der Waals surface area contributed by atoms with Gasteiger partial charge in [0.25, 0.3) is 0 Å². The van der Waals surface area contributed by atoms with Gasteiger partial charge in [-0.15, -0.1) is 0 Å². The molecule has 1 fully saturated rings. The van der Waals surface area contributed by atoms with Gasteiger partial charge in [-0.25, -0.2) is 0 Å². The van der Waals surface area contributed by atoms with E-state index in [4.69, 9.17) is 10.5 Å². The monoisotopic (exact) mass is 261 g/mol. The lowest BCUT2D eigenvalue weighted by molar-refractivity contribution is -0.153. The Morgan fingerprint density at radius 3 is 2.79 bits per heavy atom. The van der Waals surface area contributed by atoms with Crippen molar-refractivity contribution in [3.05, 3.63) is 29.8 Å². The van der Waals surface area contributed by atoms with E-state index in [9.17, 15) is 4.79 Å². The van der Waals surface area contributed by atoms with Crippen LogP contribution in [0.5, 0.6) is 0 Å². The number of para-hydroxylation sites is 1. The molecule has 1 aromatic carbocycles. The van der Waals surface area contributed by atoms with Crippen molar-refractivity contribution in [2.24, 2.45) is 5.92 Å². The molecule has 0 bridgehead atoms. The Hall–Kier alpha value is -1.51. The zero-order valence-electron chi connectivity index (χ0n) is 11.6. The number of esters is 1. The molecule has 2 atom stereocenters. The molecule has 0 amide bonds. The first kappa shape index (κ1) is 13.9. The molecule has 1 aromatic rings. The molecule has 0 radical (unpaired) electrons. The summed E-state index contributed by atoms with van der Waals surface area (Å²) in [5, 5.41) is 0. The number of nitrogens with two attached hydrogens (primary N) is 1. The van der Waals surface area contributed by atoms with Gasteiger partial charge in [0.1, 0.15) is 6.10 Å². The SMILES string of the molecule is CC1CCCCC1OC(=O)CCc1ccccc1N. The number of carbonyl (C=O) groups excluding carboxylic acids is 1. The molecule has 0 saturated heterocycles. The standard InChI is InChI=1S/C16H23NO2/c1-12-6-2-5-9-15(12)19-16(18)11-10-13-7-3-4-8-14(13)17/h3-4,7-8,12,15H,2,5-6,9-11,17H2,1H3. The first-order chi connectivity index (χ1) is 9.16. The molecule has 2 N–H and O–H groups in total. The number of anilines is 1. The topological polar surface area (TPSA) is 52.3 Å². The molecule has 2 rings (SSSR count). The Kier molecular flexibility index (Phi) is 4.83. The summed E-state index contributed by atoms with van der Waals surface area (Å²) in [6, 6.07) is 7.68.